The van der Waals surface area contributed by atoms with Gasteiger partial charge in [-0.25, -0.2) is 9.59 Å². The number of carbonyl (C=O) groups is 2. The Kier molecular flexibility index (Phi) is 4.19. The van der Waals surface area contributed by atoms with Gasteiger partial charge in [-0.3, -0.25) is 0 Å². The Morgan fingerprint density at radius 2 is 1.61 bits per heavy atom. The van der Waals surface area contributed by atoms with Crippen LogP contribution >= 0.6 is 0 Å². The van der Waals surface area contributed by atoms with Gasteiger partial charge in [0.05, 0.1) is 0 Å². The fourth-order valence-electron chi connectivity index (χ4n) is 1.47. The SMILES string of the molecule is O=C(O)C(=O)O.OC1(O)CC=Cc2ccccc21. The summed E-state index contributed by atoms with van der Waals surface area (Å²) in [6.45, 7) is 0. The van der Waals surface area contributed by atoms with Gasteiger partial charge in [-0.1, -0.05) is 36.4 Å². The van der Waals surface area contributed by atoms with Crippen molar-refractivity contribution >= 4 is 18.0 Å². The molecule has 6 heteroatoms. The number of benzene rings is 1. The molecular formula is C12H12O6. The summed E-state index contributed by atoms with van der Waals surface area (Å²) < 4.78 is 0. The number of hydrogen-bond donors (Lipinski definition) is 4. The van der Waals surface area contributed by atoms with Crippen LogP contribution in [0.4, 0.5) is 0 Å². The highest BCUT2D eigenvalue weighted by atomic mass is 16.5. The van der Waals surface area contributed by atoms with Crippen LogP contribution in [-0.4, -0.2) is 32.4 Å². The average molecular weight is 252 g/mol. The molecule has 0 heterocycles. The third-order valence-electron chi connectivity index (χ3n) is 2.27. The van der Waals surface area contributed by atoms with Crippen molar-refractivity contribution in [2.24, 2.45) is 0 Å². The van der Waals surface area contributed by atoms with Gasteiger partial charge < -0.3 is 20.4 Å². The van der Waals surface area contributed by atoms with E-state index in [9.17, 15) is 10.2 Å². The number of rotatable bonds is 0. The van der Waals surface area contributed by atoms with Crippen LogP contribution < -0.4 is 0 Å². The molecule has 0 amide bonds. The van der Waals surface area contributed by atoms with Crippen LogP contribution in [-0.2, 0) is 15.4 Å². The molecule has 0 saturated heterocycles. The van der Waals surface area contributed by atoms with Crippen LogP contribution in [0.25, 0.3) is 6.08 Å². The van der Waals surface area contributed by atoms with Crippen molar-refractivity contribution in [2.75, 3.05) is 0 Å². The second-order valence-electron chi connectivity index (χ2n) is 3.62. The maximum absolute atomic E-state index is 9.53. The maximum Gasteiger partial charge on any atom is 0.414 e. The summed E-state index contributed by atoms with van der Waals surface area (Å²) in [5.41, 5.74) is 1.47. The molecule has 0 saturated carbocycles. The number of fused-ring (bicyclic) bond motifs is 1. The highest BCUT2D eigenvalue weighted by Crippen LogP contribution is 2.30. The van der Waals surface area contributed by atoms with Crippen molar-refractivity contribution in [3.63, 3.8) is 0 Å². The first-order valence-corrected chi connectivity index (χ1v) is 5.01. The van der Waals surface area contributed by atoms with E-state index in [0.29, 0.717) is 5.56 Å². The Balaban J connectivity index is 0.000000232. The fourth-order valence-corrected chi connectivity index (χ4v) is 1.47. The van der Waals surface area contributed by atoms with E-state index >= 15 is 0 Å². The Morgan fingerprint density at radius 3 is 2.11 bits per heavy atom. The van der Waals surface area contributed by atoms with E-state index in [1.165, 1.54) is 0 Å². The lowest BCUT2D eigenvalue weighted by atomic mass is 9.92. The van der Waals surface area contributed by atoms with Crippen LogP contribution in [0.1, 0.15) is 17.5 Å². The molecule has 1 aliphatic carbocycles. The zero-order valence-electron chi connectivity index (χ0n) is 9.28. The molecule has 0 fully saturated rings. The number of aliphatic carboxylic acids is 2. The number of carboxylic acid groups (broad SMARTS) is 2. The Morgan fingerprint density at radius 1 is 1.06 bits per heavy atom. The quantitative estimate of drug-likeness (QED) is 0.392. The zero-order chi connectivity index (χ0) is 13.8. The smallest absolute Gasteiger partial charge is 0.414 e. The van der Waals surface area contributed by atoms with Gasteiger partial charge in [0.1, 0.15) is 0 Å². The van der Waals surface area contributed by atoms with Crippen LogP contribution in [0.15, 0.2) is 30.3 Å². The van der Waals surface area contributed by atoms with Gasteiger partial charge >= 0.3 is 11.9 Å². The molecule has 0 spiro atoms. The minimum absolute atomic E-state index is 0.268. The minimum atomic E-state index is -1.82. The topological polar surface area (TPSA) is 115 Å². The number of carboxylic acids is 2. The van der Waals surface area contributed by atoms with Crippen LogP contribution in [0.2, 0.25) is 0 Å². The highest BCUT2D eigenvalue weighted by molar-refractivity contribution is 6.27. The Hall–Kier alpha value is -2.18. The summed E-state index contributed by atoms with van der Waals surface area (Å²) in [5.74, 6) is -5.32. The first-order chi connectivity index (χ1) is 8.34. The summed E-state index contributed by atoms with van der Waals surface area (Å²) in [7, 11) is 0. The van der Waals surface area contributed by atoms with Gasteiger partial charge in [0.2, 0.25) is 0 Å². The van der Waals surface area contributed by atoms with Crippen molar-refractivity contribution in [3.8, 4) is 0 Å². The van der Waals surface area contributed by atoms with Crippen molar-refractivity contribution in [1.29, 1.82) is 0 Å². The summed E-state index contributed by atoms with van der Waals surface area (Å²) in [4.78, 5) is 18.2. The van der Waals surface area contributed by atoms with Crippen LogP contribution in [0, 0.1) is 0 Å². The van der Waals surface area contributed by atoms with Crippen LogP contribution in [0.3, 0.4) is 0 Å². The monoisotopic (exact) mass is 252 g/mol. The lowest BCUT2D eigenvalue weighted by molar-refractivity contribution is -0.167. The van der Waals surface area contributed by atoms with E-state index in [2.05, 4.69) is 0 Å². The third-order valence-corrected chi connectivity index (χ3v) is 2.27. The minimum Gasteiger partial charge on any atom is -0.473 e. The van der Waals surface area contributed by atoms with Crippen molar-refractivity contribution in [2.45, 2.75) is 12.2 Å². The Labute approximate surface area is 102 Å². The predicted octanol–water partition coefficient (Wildman–Crippen LogP) is 0.396. The molecule has 0 unspecified atom stereocenters. The summed E-state index contributed by atoms with van der Waals surface area (Å²) >= 11 is 0. The highest BCUT2D eigenvalue weighted by Gasteiger charge is 2.28. The van der Waals surface area contributed by atoms with Gasteiger partial charge in [0, 0.05) is 12.0 Å². The molecule has 0 bridgehead atoms. The molecule has 1 aromatic carbocycles. The van der Waals surface area contributed by atoms with Gasteiger partial charge in [-0.15, -0.1) is 0 Å². The molecule has 4 N–H and O–H groups in total. The molecule has 18 heavy (non-hydrogen) atoms. The Bertz CT molecular complexity index is 477. The normalized spacial score (nSPS) is 15.0. The maximum atomic E-state index is 9.53. The molecule has 1 aromatic rings. The molecular weight excluding hydrogens is 240 g/mol. The first-order valence-electron chi connectivity index (χ1n) is 5.01. The molecule has 96 valence electrons. The predicted molar refractivity (Wildman–Crippen MR) is 61.5 cm³/mol. The second kappa shape index (κ2) is 5.44. The van der Waals surface area contributed by atoms with E-state index in [0.717, 1.165) is 5.56 Å². The lowest BCUT2D eigenvalue weighted by Gasteiger charge is -2.25. The zero-order valence-corrected chi connectivity index (χ0v) is 9.28. The molecule has 0 atom stereocenters. The van der Waals surface area contributed by atoms with E-state index < -0.39 is 17.7 Å². The van der Waals surface area contributed by atoms with E-state index in [1.54, 1.807) is 18.2 Å². The molecule has 2 rings (SSSR count). The third kappa shape index (κ3) is 3.41. The van der Waals surface area contributed by atoms with E-state index in [1.807, 2.05) is 18.2 Å². The summed E-state index contributed by atoms with van der Waals surface area (Å²) in [5, 5.41) is 33.8. The van der Waals surface area contributed by atoms with Gasteiger partial charge in [-0.05, 0) is 5.56 Å². The number of aliphatic hydroxyl groups is 2. The van der Waals surface area contributed by atoms with Crippen LogP contribution in [0.5, 0.6) is 0 Å². The summed E-state index contributed by atoms with van der Waals surface area (Å²) in [6, 6.07) is 7.29. The second-order valence-corrected chi connectivity index (χ2v) is 3.62. The van der Waals surface area contributed by atoms with Crippen molar-refractivity contribution < 1.29 is 30.0 Å². The molecule has 0 aliphatic heterocycles. The summed E-state index contributed by atoms with van der Waals surface area (Å²) in [6.07, 6.45) is 3.94. The number of hydrogen-bond acceptors (Lipinski definition) is 4. The lowest BCUT2D eigenvalue weighted by Crippen LogP contribution is -2.26. The van der Waals surface area contributed by atoms with E-state index in [4.69, 9.17) is 19.8 Å². The van der Waals surface area contributed by atoms with Gasteiger partial charge in [0.25, 0.3) is 0 Å². The van der Waals surface area contributed by atoms with Crippen molar-refractivity contribution in [3.05, 3.63) is 41.5 Å². The first kappa shape index (κ1) is 13.9. The molecule has 0 radical (unpaired) electrons. The molecule has 1 aliphatic rings. The van der Waals surface area contributed by atoms with Gasteiger partial charge in [-0.2, -0.15) is 0 Å². The standard InChI is InChI=1S/C10H10O2.C2H2O4/c11-10(12)7-3-5-8-4-1-2-6-9(8)10;3-1(4)2(5)6/h1-6,11-12H,7H2;(H,3,4)(H,5,6). The molecule has 0 aromatic heterocycles. The van der Waals surface area contributed by atoms with E-state index in [-0.39, 0.29) is 6.42 Å². The average Bonchev–Trinajstić information content (AvgIpc) is 2.29. The largest absolute Gasteiger partial charge is 0.473 e. The van der Waals surface area contributed by atoms with Crippen molar-refractivity contribution in [1.82, 2.24) is 0 Å². The fraction of sp³-hybridized carbons (Fsp3) is 0.167. The van der Waals surface area contributed by atoms with Gasteiger partial charge in [0.15, 0.2) is 5.79 Å². The molecule has 6 nitrogen and oxygen atoms in total.